The molecule has 0 saturated carbocycles. The number of aryl methyl sites for hydroxylation is 1. The van der Waals surface area contributed by atoms with Gasteiger partial charge in [-0.15, -0.1) is 0 Å². The SMILES string of the molecule is Cc1cc(NS(=O)(=O)Cc2ccccc2N)cnc1Cl. The van der Waals surface area contributed by atoms with Gasteiger partial charge in [-0.3, -0.25) is 4.72 Å². The molecule has 0 fully saturated rings. The topological polar surface area (TPSA) is 85.1 Å². The van der Waals surface area contributed by atoms with Crippen LogP contribution in [0.1, 0.15) is 11.1 Å². The summed E-state index contributed by atoms with van der Waals surface area (Å²) in [5.74, 6) is -0.193. The Labute approximate surface area is 122 Å². The van der Waals surface area contributed by atoms with Gasteiger partial charge in [0.2, 0.25) is 10.0 Å². The van der Waals surface area contributed by atoms with Gasteiger partial charge in [0.1, 0.15) is 5.15 Å². The van der Waals surface area contributed by atoms with Crippen LogP contribution in [0, 0.1) is 6.92 Å². The summed E-state index contributed by atoms with van der Waals surface area (Å²) < 4.78 is 26.6. The summed E-state index contributed by atoms with van der Waals surface area (Å²) in [6.07, 6.45) is 1.38. The average molecular weight is 312 g/mol. The summed E-state index contributed by atoms with van der Waals surface area (Å²) in [6.45, 7) is 1.75. The predicted octanol–water partition coefficient (Wildman–Crippen LogP) is 2.57. The van der Waals surface area contributed by atoms with Crippen LogP contribution in [-0.2, 0) is 15.8 Å². The first-order valence-electron chi connectivity index (χ1n) is 5.83. The third kappa shape index (κ3) is 3.61. The Bertz CT molecular complexity index is 732. The minimum absolute atomic E-state index is 0.193. The molecule has 20 heavy (non-hydrogen) atoms. The summed E-state index contributed by atoms with van der Waals surface area (Å²) in [7, 11) is -3.55. The molecular formula is C13H14ClN3O2S. The van der Waals surface area contributed by atoms with Gasteiger partial charge < -0.3 is 5.73 Å². The Balaban J connectivity index is 2.19. The van der Waals surface area contributed by atoms with Gasteiger partial charge in [0, 0.05) is 5.69 Å². The third-order valence-electron chi connectivity index (χ3n) is 2.69. The first kappa shape index (κ1) is 14.6. The number of hydrogen-bond donors (Lipinski definition) is 2. The minimum Gasteiger partial charge on any atom is -0.398 e. The maximum atomic E-state index is 12.1. The Hall–Kier alpha value is -1.79. The molecule has 7 heteroatoms. The maximum Gasteiger partial charge on any atom is 0.237 e. The maximum absolute atomic E-state index is 12.1. The molecule has 1 aromatic carbocycles. The lowest BCUT2D eigenvalue weighted by molar-refractivity contribution is 0.600. The Morgan fingerprint density at radius 2 is 2.05 bits per heavy atom. The highest BCUT2D eigenvalue weighted by molar-refractivity contribution is 7.91. The van der Waals surface area contributed by atoms with Gasteiger partial charge in [-0.1, -0.05) is 29.8 Å². The second kappa shape index (κ2) is 5.68. The van der Waals surface area contributed by atoms with Gasteiger partial charge in [0.25, 0.3) is 0 Å². The molecule has 2 aromatic rings. The predicted molar refractivity (Wildman–Crippen MR) is 81.1 cm³/mol. The third-order valence-corrected chi connectivity index (χ3v) is 4.32. The molecule has 0 aliphatic heterocycles. The van der Waals surface area contributed by atoms with Crippen LogP contribution in [0.3, 0.4) is 0 Å². The second-order valence-corrected chi connectivity index (χ2v) is 6.47. The van der Waals surface area contributed by atoms with Crippen LogP contribution in [0.2, 0.25) is 5.15 Å². The highest BCUT2D eigenvalue weighted by Crippen LogP contribution is 2.19. The number of nitrogens with two attached hydrogens (primary N) is 1. The lowest BCUT2D eigenvalue weighted by Crippen LogP contribution is -2.16. The number of pyridine rings is 1. The highest BCUT2D eigenvalue weighted by Gasteiger charge is 2.14. The zero-order valence-corrected chi connectivity index (χ0v) is 12.4. The molecule has 0 radical (unpaired) electrons. The molecule has 0 saturated heterocycles. The van der Waals surface area contributed by atoms with Gasteiger partial charge in [0.15, 0.2) is 0 Å². The van der Waals surface area contributed by atoms with Crippen molar-refractivity contribution in [1.29, 1.82) is 0 Å². The number of para-hydroxylation sites is 1. The number of nitrogens with zero attached hydrogens (tertiary/aromatic N) is 1. The number of benzene rings is 1. The van der Waals surface area contributed by atoms with Gasteiger partial charge in [-0.05, 0) is 30.2 Å². The lowest BCUT2D eigenvalue weighted by atomic mass is 10.2. The zero-order valence-electron chi connectivity index (χ0n) is 10.8. The van der Waals surface area contributed by atoms with Crippen LogP contribution in [0.5, 0.6) is 0 Å². The molecule has 3 N–H and O–H groups in total. The van der Waals surface area contributed by atoms with E-state index >= 15 is 0 Å². The van der Waals surface area contributed by atoms with Crippen molar-refractivity contribution < 1.29 is 8.42 Å². The van der Waals surface area contributed by atoms with Crippen molar-refractivity contribution >= 4 is 33.0 Å². The molecule has 1 aromatic heterocycles. The summed E-state index contributed by atoms with van der Waals surface area (Å²) in [5.41, 5.74) is 7.82. The molecular weight excluding hydrogens is 298 g/mol. The monoisotopic (exact) mass is 311 g/mol. The fourth-order valence-electron chi connectivity index (χ4n) is 1.70. The van der Waals surface area contributed by atoms with Gasteiger partial charge in [0.05, 0.1) is 17.6 Å². The van der Waals surface area contributed by atoms with Crippen LogP contribution < -0.4 is 10.5 Å². The first-order valence-corrected chi connectivity index (χ1v) is 7.86. The van der Waals surface area contributed by atoms with Crippen molar-refractivity contribution in [2.45, 2.75) is 12.7 Å². The van der Waals surface area contributed by atoms with Gasteiger partial charge in [-0.25, -0.2) is 13.4 Å². The van der Waals surface area contributed by atoms with Crippen LogP contribution in [0.15, 0.2) is 36.5 Å². The molecule has 0 unspecified atom stereocenters. The highest BCUT2D eigenvalue weighted by atomic mass is 35.5. The fourth-order valence-corrected chi connectivity index (χ4v) is 3.02. The van der Waals surface area contributed by atoms with E-state index in [4.69, 9.17) is 17.3 Å². The average Bonchev–Trinajstić information content (AvgIpc) is 2.36. The van der Waals surface area contributed by atoms with Crippen LogP contribution >= 0.6 is 11.6 Å². The first-order chi connectivity index (χ1) is 9.37. The molecule has 0 atom stereocenters. The molecule has 0 aliphatic rings. The molecule has 2 rings (SSSR count). The molecule has 0 spiro atoms. The smallest absolute Gasteiger partial charge is 0.237 e. The van der Waals surface area contributed by atoms with E-state index in [1.165, 1.54) is 6.20 Å². The largest absolute Gasteiger partial charge is 0.398 e. The number of aromatic nitrogens is 1. The van der Waals surface area contributed by atoms with E-state index in [1.807, 2.05) is 0 Å². The van der Waals surface area contributed by atoms with E-state index in [0.29, 0.717) is 27.7 Å². The number of sulfonamides is 1. The van der Waals surface area contributed by atoms with Gasteiger partial charge >= 0.3 is 0 Å². The molecule has 106 valence electrons. The van der Waals surface area contributed by atoms with Crippen molar-refractivity contribution in [2.24, 2.45) is 0 Å². The zero-order chi connectivity index (χ0) is 14.8. The Kier molecular flexibility index (Phi) is 4.15. The number of nitrogen functional groups attached to an aromatic ring is 1. The second-order valence-electron chi connectivity index (χ2n) is 4.39. The van der Waals surface area contributed by atoms with E-state index in [2.05, 4.69) is 9.71 Å². The number of hydrogen-bond acceptors (Lipinski definition) is 4. The summed E-state index contributed by atoms with van der Waals surface area (Å²) in [6, 6.07) is 8.47. The lowest BCUT2D eigenvalue weighted by Gasteiger charge is -2.10. The fraction of sp³-hybridized carbons (Fsp3) is 0.154. The number of halogens is 1. The van der Waals surface area contributed by atoms with Crippen LogP contribution in [-0.4, -0.2) is 13.4 Å². The molecule has 0 aliphatic carbocycles. The van der Waals surface area contributed by atoms with Crippen molar-refractivity contribution in [3.05, 3.63) is 52.8 Å². The quantitative estimate of drug-likeness (QED) is 0.671. The standard InChI is InChI=1S/C13H14ClN3O2S/c1-9-6-11(7-16-13(9)14)17-20(18,19)8-10-4-2-3-5-12(10)15/h2-7,17H,8,15H2,1H3. The molecule has 5 nitrogen and oxygen atoms in total. The van der Waals surface area contributed by atoms with Crippen LogP contribution in [0.4, 0.5) is 11.4 Å². The van der Waals surface area contributed by atoms with E-state index in [-0.39, 0.29) is 5.75 Å². The molecule has 0 amide bonds. The molecule has 1 heterocycles. The van der Waals surface area contributed by atoms with E-state index in [1.54, 1.807) is 37.3 Å². The molecule has 0 bridgehead atoms. The number of nitrogens with one attached hydrogen (secondary N) is 1. The van der Waals surface area contributed by atoms with Crippen molar-refractivity contribution in [1.82, 2.24) is 4.98 Å². The Morgan fingerprint density at radius 3 is 2.70 bits per heavy atom. The minimum atomic E-state index is -3.55. The number of anilines is 2. The van der Waals surface area contributed by atoms with Crippen molar-refractivity contribution in [3.8, 4) is 0 Å². The summed E-state index contributed by atoms with van der Waals surface area (Å²) >= 11 is 5.80. The van der Waals surface area contributed by atoms with E-state index in [0.717, 1.165) is 0 Å². The summed E-state index contributed by atoms with van der Waals surface area (Å²) in [5, 5.41) is 0.347. The number of rotatable bonds is 4. The Morgan fingerprint density at radius 1 is 1.35 bits per heavy atom. The van der Waals surface area contributed by atoms with Gasteiger partial charge in [-0.2, -0.15) is 0 Å². The van der Waals surface area contributed by atoms with E-state index in [9.17, 15) is 8.42 Å². The normalized spacial score (nSPS) is 11.3. The van der Waals surface area contributed by atoms with Crippen molar-refractivity contribution in [3.63, 3.8) is 0 Å². The van der Waals surface area contributed by atoms with Crippen LogP contribution in [0.25, 0.3) is 0 Å². The van der Waals surface area contributed by atoms with E-state index < -0.39 is 10.0 Å². The summed E-state index contributed by atoms with van der Waals surface area (Å²) in [4.78, 5) is 3.90. The van der Waals surface area contributed by atoms with Crippen molar-refractivity contribution in [2.75, 3.05) is 10.5 Å².